The van der Waals surface area contributed by atoms with Crippen LogP contribution < -0.4 is 10.5 Å². The summed E-state index contributed by atoms with van der Waals surface area (Å²) in [4.78, 5) is 2.63. The minimum Gasteiger partial charge on any atom is -0.497 e. The van der Waals surface area contributed by atoms with Gasteiger partial charge in [0, 0.05) is 18.6 Å². The molecule has 1 saturated heterocycles. The maximum Gasteiger partial charge on any atom is 0.119 e. The summed E-state index contributed by atoms with van der Waals surface area (Å²) in [5, 5.41) is 0. The summed E-state index contributed by atoms with van der Waals surface area (Å²) < 4.78 is 5.35. The van der Waals surface area contributed by atoms with Gasteiger partial charge < -0.3 is 10.5 Å². The Bertz CT molecular complexity index is 474. The maximum atomic E-state index is 6.58. The minimum absolute atomic E-state index is 0.129. The number of methoxy groups -OCH3 is 1. The third-order valence-electron chi connectivity index (χ3n) is 5.20. The zero-order valence-electron chi connectivity index (χ0n) is 12.6. The van der Waals surface area contributed by atoms with Crippen LogP contribution in [0.2, 0.25) is 0 Å². The van der Waals surface area contributed by atoms with Crippen LogP contribution in [-0.4, -0.2) is 31.1 Å². The highest BCUT2D eigenvalue weighted by molar-refractivity contribution is 5.40. The molecule has 20 heavy (non-hydrogen) atoms. The van der Waals surface area contributed by atoms with Crippen LogP contribution in [0.1, 0.15) is 43.4 Å². The van der Waals surface area contributed by atoms with Crippen LogP contribution in [0, 0.1) is 5.92 Å². The van der Waals surface area contributed by atoms with E-state index in [4.69, 9.17) is 10.5 Å². The van der Waals surface area contributed by atoms with Gasteiger partial charge in [0.15, 0.2) is 0 Å². The lowest BCUT2D eigenvalue weighted by Gasteiger charge is -2.37. The quantitative estimate of drug-likeness (QED) is 0.921. The third kappa shape index (κ3) is 2.45. The van der Waals surface area contributed by atoms with Crippen LogP contribution in [0.25, 0.3) is 0 Å². The van der Waals surface area contributed by atoms with E-state index < -0.39 is 0 Å². The van der Waals surface area contributed by atoms with Crippen LogP contribution in [-0.2, 0) is 6.42 Å². The molecule has 0 spiro atoms. The number of aryl methyl sites for hydroxylation is 1. The molecule has 0 saturated carbocycles. The van der Waals surface area contributed by atoms with E-state index >= 15 is 0 Å². The predicted octanol–water partition coefficient (Wildman–Crippen LogP) is 2.74. The Hall–Kier alpha value is -1.06. The molecule has 1 aliphatic carbocycles. The summed E-state index contributed by atoms with van der Waals surface area (Å²) in [5.74, 6) is 1.79. The second-order valence-corrected chi connectivity index (χ2v) is 6.25. The Kier molecular flexibility index (Phi) is 3.99. The second kappa shape index (κ2) is 5.74. The lowest BCUT2D eigenvalue weighted by atomic mass is 9.83. The van der Waals surface area contributed by atoms with Gasteiger partial charge in [-0.2, -0.15) is 0 Å². The minimum atomic E-state index is 0.129. The van der Waals surface area contributed by atoms with Crippen molar-refractivity contribution in [1.82, 2.24) is 4.90 Å². The summed E-state index contributed by atoms with van der Waals surface area (Å²) >= 11 is 0. The Balaban J connectivity index is 1.79. The van der Waals surface area contributed by atoms with Crippen LogP contribution in [0.3, 0.4) is 0 Å². The van der Waals surface area contributed by atoms with Crippen LogP contribution in [0.4, 0.5) is 0 Å². The molecule has 110 valence electrons. The number of ether oxygens (including phenoxy) is 1. The van der Waals surface area contributed by atoms with Crippen molar-refractivity contribution >= 4 is 0 Å². The number of hydrogen-bond donors (Lipinski definition) is 1. The van der Waals surface area contributed by atoms with E-state index in [0.717, 1.165) is 18.1 Å². The molecule has 3 unspecified atom stereocenters. The Labute approximate surface area is 122 Å². The van der Waals surface area contributed by atoms with Crippen molar-refractivity contribution in [2.75, 3.05) is 20.2 Å². The number of nitrogens with two attached hydrogens (primary N) is 1. The molecule has 1 aliphatic heterocycles. The van der Waals surface area contributed by atoms with Crippen LogP contribution in [0.15, 0.2) is 18.2 Å². The van der Waals surface area contributed by atoms with Crippen molar-refractivity contribution in [1.29, 1.82) is 0 Å². The molecule has 0 bridgehead atoms. The fraction of sp³-hybridized carbons (Fsp3) is 0.647. The summed E-state index contributed by atoms with van der Waals surface area (Å²) in [6, 6.07) is 7.01. The molecule has 3 nitrogen and oxygen atoms in total. The SMILES string of the molecule is CCC1CCN(C2CCc3ccc(OC)cc3C2N)C1. The molecule has 2 aliphatic rings. The van der Waals surface area contributed by atoms with Crippen molar-refractivity contribution < 1.29 is 4.74 Å². The van der Waals surface area contributed by atoms with Gasteiger partial charge in [-0.25, -0.2) is 0 Å². The van der Waals surface area contributed by atoms with Gasteiger partial charge in [-0.05, 0) is 55.0 Å². The molecule has 1 heterocycles. The molecule has 0 amide bonds. The van der Waals surface area contributed by atoms with Crippen molar-refractivity contribution in [3.63, 3.8) is 0 Å². The highest BCUT2D eigenvalue weighted by Crippen LogP contribution is 2.36. The van der Waals surface area contributed by atoms with Crippen LogP contribution >= 0.6 is 0 Å². The van der Waals surface area contributed by atoms with Gasteiger partial charge in [0.25, 0.3) is 0 Å². The molecule has 1 fully saturated rings. The number of nitrogens with zero attached hydrogens (tertiary/aromatic N) is 1. The first-order chi connectivity index (χ1) is 9.72. The van der Waals surface area contributed by atoms with Crippen molar-refractivity contribution in [2.45, 2.75) is 44.7 Å². The predicted molar refractivity (Wildman–Crippen MR) is 82.0 cm³/mol. The number of hydrogen-bond acceptors (Lipinski definition) is 3. The monoisotopic (exact) mass is 274 g/mol. The molecular weight excluding hydrogens is 248 g/mol. The van der Waals surface area contributed by atoms with E-state index in [1.165, 1.54) is 43.5 Å². The number of likely N-dealkylation sites (tertiary alicyclic amines) is 1. The van der Waals surface area contributed by atoms with Crippen molar-refractivity contribution in [3.05, 3.63) is 29.3 Å². The largest absolute Gasteiger partial charge is 0.497 e. The van der Waals surface area contributed by atoms with Crippen molar-refractivity contribution in [2.24, 2.45) is 11.7 Å². The highest BCUT2D eigenvalue weighted by atomic mass is 16.5. The molecule has 1 aromatic carbocycles. The summed E-state index contributed by atoms with van der Waals surface area (Å²) in [6.45, 7) is 4.75. The molecule has 2 N–H and O–H groups in total. The molecule has 0 radical (unpaired) electrons. The zero-order chi connectivity index (χ0) is 14.1. The summed E-state index contributed by atoms with van der Waals surface area (Å²) in [6.07, 6.45) is 4.97. The average Bonchev–Trinajstić information content (AvgIpc) is 2.96. The summed E-state index contributed by atoms with van der Waals surface area (Å²) in [5.41, 5.74) is 9.28. The number of fused-ring (bicyclic) bond motifs is 1. The van der Waals surface area contributed by atoms with E-state index in [1.807, 2.05) is 0 Å². The van der Waals surface area contributed by atoms with E-state index in [2.05, 4.69) is 30.0 Å². The second-order valence-electron chi connectivity index (χ2n) is 6.25. The van der Waals surface area contributed by atoms with Gasteiger partial charge in [-0.15, -0.1) is 0 Å². The first-order valence-electron chi connectivity index (χ1n) is 7.89. The molecular formula is C17H26N2O. The van der Waals surface area contributed by atoms with Gasteiger partial charge in [-0.1, -0.05) is 19.4 Å². The Morgan fingerprint density at radius 3 is 2.90 bits per heavy atom. The highest BCUT2D eigenvalue weighted by Gasteiger charge is 2.34. The molecule has 0 aromatic heterocycles. The van der Waals surface area contributed by atoms with Gasteiger partial charge in [0.05, 0.1) is 7.11 Å². The molecule has 3 rings (SSSR count). The first-order valence-corrected chi connectivity index (χ1v) is 7.89. The standard InChI is InChI=1S/C17H26N2O/c1-3-12-8-9-19(11-12)16-7-5-13-4-6-14(20-2)10-15(13)17(16)18/h4,6,10,12,16-17H,3,5,7-9,11,18H2,1-2H3. The van der Waals surface area contributed by atoms with E-state index in [-0.39, 0.29) is 6.04 Å². The van der Waals surface area contributed by atoms with E-state index in [1.54, 1.807) is 7.11 Å². The topological polar surface area (TPSA) is 38.5 Å². The Morgan fingerprint density at radius 2 is 2.20 bits per heavy atom. The van der Waals surface area contributed by atoms with Gasteiger partial charge >= 0.3 is 0 Å². The first kappa shape index (κ1) is 13.9. The van der Waals surface area contributed by atoms with Crippen LogP contribution in [0.5, 0.6) is 5.75 Å². The van der Waals surface area contributed by atoms with Gasteiger partial charge in [0.1, 0.15) is 5.75 Å². The fourth-order valence-corrected chi connectivity index (χ4v) is 3.83. The maximum absolute atomic E-state index is 6.58. The third-order valence-corrected chi connectivity index (χ3v) is 5.20. The lowest BCUT2D eigenvalue weighted by Crippen LogP contribution is -2.44. The normalized spacial score (nSPS) is 30.2. The van der Waals surface area contributed by atoms with E-state index in [0.29, 0.717) is 6.04 Å². The van der Waals surface area contributed by atoms with Gasteiger partial charge in [0.2, 0.25) is 0 Å². The lowest BCUT2D eigenvalue weighted by molar-refractivity contribution is 0.184. The molecule has 3 heteroatoms. The average molecular weight is 274 g/mol. The Morgan fingerprint density at radius 1 is 1.35 bits per heavy atom. The van der Waals surface area contributed by atoms with Gasteiger partial charge in [-0.3, -0.25) is 4.90 Å². The zero-order valence-corrected chi connectivity index (χ0v) is 12.6. The van der Waals surface area contributed by atoms with E-state index in [9.17, 15) is 0 Å². The molecule has 3 atom stereocenters. The van der Waals surface area contributed by atoms with Crippen molar-refractivity contribution in [3.8, 4) is 5.75 Å². The fourth-order valence-electron chi connectivity index (χ4n) is 3.83. The number of rotatable bonds is 3. The smallest absolute Gasteiger partial charge is 0.119 e. The molecule has 1 aromatic rings. The summed E-state index contributed by atoms with van der Waals surface area (Å²) in [7, 11) is 1.72. The number of benzene rings is 1.